The molecular formula is C27H36O9. The summed E-state index contributed by atoms with van der Waals surface area (Å²) >= 11 is 0. The molecule has 2 aromatic rings. The van der Waals surface area contributed by atoms with Crippen molar-refractivity contribution in [1.29, 1.82) is 0 Å². The van der Waals surface area contributed by atoms with Crippen LogP contribution in [0.3, 0.4) is 0 Å². The first-order valence-electron chi connectivity index (χ1n) is 11.6. The van der Waals surface area contributed by atoms with Gasteiger partial charge in [0.2, 0.25) is 5.75 Å². The number of carbonyl (C=O) groups is 1. The molecule has 0 bridgehead atoms. The number of unbranched alkanes of at least 4 members (excludes halogenated alkanes) is 1. The van der Waals surface area contributed by atoms with Crippen LogP contribution in [0.15, 0.2) is 30.3 Å². The summed E-state index contributed by atoms with van der Waals surface area (Å²) in [6.07, 6.45) is 5.39. The smallest absolute Gasteiger partial charge is 0.337 e. The normalized spacial score (nSPS) is 10.9. The molecule has 9 heteroatoms. The van der Waals surface area contributed by atoms with Crippen LogP contribution in [0.1, 0.15) is 24.0 Å². The summed E-state index contributed by atoms with van der Waals surface area (Å²) in [5.74, 6) is 1.88. The van der Waals surface area contributed by atoms with E-state index >= 15 is 0 Å². The van der Waals surface area contributed by atoms with Crippen molar-refractivity contribution >= 4 is 18.1 Å². The van der Waals surface area contributed by atoms with E-state index in [4.69, 9.17) is 37.9 Å². The zero-order valence-electron chi connectivity index (χ0n) is 21.7. The Bertz CT molecular complexity index is 947. The predicted molar refractivity (Wildman–Crippen MR) is 136 cm³/mol. The molecule has 0 saturated heterocycles. The second-order valence-electron chi connectivity index (χ2n) is 7.54. The average Bonchev–Trinajstić information content (AvgIpc) is 2.90. The zero-order valence-corrected chi connectivity index (χ0v) is 21.7. The Labute approximate surface area is 212 Å². The lowest BCUT2D eigenvalue weighted by molar-refractivity contribution is -0.139. The molecule has 0 radical (unpaired) electrons. The molecule has 2 rings (SSSR count). The van der Waals surface area contributed by atoms with Crippen molar-refractivity contribution in [2.75, 3.05) is 68.6 Å². The minimum absolute atomic E-state index is 0.154. The Balaban J connectivity index is 1.95. The highest BCUT2D eigenvalue weighted by molar-refractivity contribution is 5.77. The Morgan fingerprint density at radius 3 is 1.89 bits per heavy atom. The van der Waals surface area contributed by atoms with Crippen LogP contribution in [0, 0.1) is 0 Å². The molecule has 0 unspecified atom stereocenters. The van der Waals surface area contributed by atoms with Crippen LogP contribution in [0.25, 0.3) is 12.2 Å². The molecule has 36 heavy (non-hydrogen) atoms. The topological polar surface area (TPSA) is 90.9 Å². The Hall–Kier alpha value is -3.27. The zero-order chi connectivity index (χ0) is 26.2. The number of esters is 1. The van der Waals surface area contributed by atoms with Crippen LogP contribution in [0.4, 0.5) is 0 Å². The van der Waals surface area contributed by atoms with E-state index in [-0.39, 0.29) is 6.61 Å². The van der Waals surface area contributed by atoms with Gasteiger partial charge in [-0.2, -0.15) is 0 Å². The van der Waals surface area contributed by atoms with Crippen LogP contribution in [0.2, 0.25) is 0 Å². The molecule has 0 N–H and O–H groups in total. The summed E-state index contributed by atoms with van der Waals surface area (Å²) in [7, 11) is 7.84. The molecule has 0 heterocycles. The highest BCUT2D eigenvalue weighted by Crippen LogP contribution is 2.38. The van der Waals surface area contributed by atoms with Crippen LogP contribution in [-0.4, -0.2) is 74.6 Å². The number of rotatable bonds is 17. The molecule has 0 aromatic heterocycles. The fraction of sp³-hybridized carbons (Fsp3) is 0.444. The Kier molecular flexibility index (Phi) is 13.2. The van der Waals surface area contributed by atoms with Gasteiger partial charge in [0.25, 0.3) is 0 Å². The lowest BCUT2D eigenvalue weighted by Gasteiger charge is -2.13. The lowest BCUT2D eigenvalue weighted by Crippen LogP contribution is -2.16. The van der Waals surface area contributed by atoms with E-state index in [0.29, 0.717) is 55.2 Å². The maximum Gasteiger partial charge on any atom is 0.337 e. The molecule has 0 aliphatic rings. The quantitative estimate of drug-likeness (QED) is 0.136. The number of ether oxygens (including phenoxy) is 8. The standard InChI is InChI=1S/C27H36O9/c1-29-14-15-34-12-6-7-13-35-19-26(28)36-23-16-20(10-11-22(23)30-2)8-9-21-17-24(31-3)27(33-5)25(18-21)32-4/h8-11,16-18H,6-7,12-15,19H2,1-5H3/b9-8-. The molecule has 0 aliphatic heterocycles. The third-order valence-corrected chi connectivity index (χ3v) is 5.05. The number of methoxy groups -OCH3 is 5. The third kappa shape index (κ3) is 9.41. The molecule has 0 amide bonds. The molecule has 0 atom stereocenters. The second kappa shape index (κ2) is 16.4. The fourth-order valence-corrected chi connectivity index (χ4v) is 3.23. The maximum absolute atomic E-state index is 12.3. The summed E-state index contributed by atoms with van der Waals surface area (Å²) in [6, 6.07) is 9.00. The summed E-state index contributed by atoms with van der Waals surface area (Å²) in [5, 5.41) is 0. The molecule has 0 aliphatic carbocycles. The third-order valence-electron chi connectivity index (χ3n) is 5.05. The minimum atomic E-state index is -0.504. The van der Waals surface area contributed by atoms with Gasteiger partial charge in [-0.15, -0.1) is 0 Å². The van der Waals surface area contributed by atoms with Gasteiger partial charge in [-0.1, -0.05) is 18.2 Å². The van der Waals surface area contributed by atoms with Crippen molar-refractivity contribution in [1.82, 2.24) is 0 Å². The monoisotopic (exact) mass is 504 g/mol. The molecule has 198 valence electrons. The number of benzene rings is 2. The van der Waals surface area contributed by atoms with E-state index < -0.39 is 5.97 Å². The van der Waals surface area contributed by atoms with Gasteiger partial charge in [0, 0.05) is 20.3 Å². The summed E-state index contributed by atoms with van der Waals surface area (Å²) in [4.78, 5) is 12.3. The largest absolute Gasteiger partial charge is 0.493 e. The first-order chi connectivity index (χ1) is 17.6. The van der Waals surface area contributed by atoms with Crippen molar-refractivity contribution in [2.45, 2.75) is 12.8 Å². The molecular weight excluding hydrogens is 468 g/mol. The van der Waals surface area contributed by atoms with Crippen LogP contribution in [-0.2, 0) is 19.0 Å². The number of hydrogen-bond acceptors (Lipinski definition) is 9. The van der Waals surface area contributed by atoms with Crippen molar-refractivity contribution < 1.29 is 42.7 Å². The van der Waals surface area contributed by atoms with Crippen molar-refractivity contribution in [3.8, 4) is 28.7 Å². The van der Waals surface area contributed by atoms with Crippen molar-refractivity contribution in [2.24, 2.45) is 0 Å². The van der Waals surface area contributed by atoms with Gasteiger partial charge < -0.3 is 37.9 Å². The number of carbonyl (C=O) groups excluding carboxylic acids is 1. The molecule has 2 aromatic carbocycles. The second-order valence-corrected chi connectivity index (χ2v) is 7.54. The van der Waals surface area contributed by atoms with E-state index in [0.717, 1.165) is 24.0 Å². The highest BCUT2D eigenvalue weighted by atomic mass is 16.6. The SMILES string of the molecule is COCCOCCCCOCC(=O)Oc1cc(/C=C\c2cc(OC)c(OC)c(OC)c2)ccc1OC. The van der Waals surface area contributed by atoms with E-state index in [1.54, 1.807) is 40.6 Å². The average molecular weight is 505 g/mol. The minimum Gasteiger partial charge on any atom is -0.493 e. The van der Waals surface area contributed by atoms with E-state index in [2.05, 4.69) is 0 Å². The van der Waals surface area contributed by atoms with Crippen LogP contribution in [0.5, 0.6) is 28.7 Å². The van der Waals surface area contributed by atoms with Gasteiger partial charge in [-0.25, -0.2) is 4.79 Å². The maximum atomic E-state index is 12.3. The Morgan fingerprint density at radius 2 is 1.28 bits per heavy atom. The van der Waals surface area contributed by atoms with E-state index in [1.165, 1.54) is 7.11 Å². The van der Waals surface area contributed by atoms with Crippen LogP contribution < -0.4 is 23.7 Å². The van der Waals surface area contributed by atoms with Gasteiger partial charge in [-0.3, -0.25) is 0 Å². The molecule has 0 spiro atoms. The van der Waals surface area contributed by atoms with Crippen molar-refractivity contribution in [3.63, 3.8) is 0 Å². The van der Waals surface area contributed by atoms with E-state index in [1.807, 2.05) is 30.4 Å². The first-order valence-corrected chi connectivity index (χ1v) is 11.6. The van der Waals surface area contributed by atoms with Gasteiger partial charge >= 0.3 is 5.97 Å². The summed E-state index contributed by atoms with van der Waals surface area (Å²) in [6.45, 7) is 2.07. The van der Waals surface area contributed by atoms with Crippen LogP contribution >= 0.6 is 0 Å². The Morgan fingerprint density at radius 1 is 0.667 bits per heavy atom. The lowest BCUT2D eigenvalue weighted by atomic mass is 10.1. The molecule has 0 saturated carbocycles. The molecule has 9 nitrogen and oxygen atoms in total. The van der Waals surface area contributed by atoms with Crippen molar-refractivity contribution in [3.05, 3.63) is 41.5 Å². The number of hydrogen-bond donors (Lipinski definition) is 0. The van der Waals surface area contributed by atoms with Gasteiger partial charge in [0.1, 0.15) is 6.61 Å². The van der Waals surface area contributed by atoms with E-state index in [9.17, 15) is 4.79 Å². The summed E-state index contributed by atoms with van der Waals surface area (Å²) in [5.41, 5.74) is 1.65. The van der Waals surface area contributed by atoms with Gasteiger partial charge in [0.15, 0.2) is 23.0 Å². The van der Waals surface area contributed by atoms with Gasteiger partial charge in [0.05, 0.1) is 41.7 Å². The highest BCUT2D eigenvalue weighted by Gasteiger charge is 2.13. The van der Waals surface area contributed by atoms with Gasteiger partial charge in [-0.05, 0) is 48.2 Å². The summed E-state index contributed by atoms with van der Waals surface area (Å²) < 4.78 is 42.7. The predicted octanol–water partition coefficient (Wildman–Crippen LogP) is 4.26. The molecule has 0 fully saturated rings. The first kappa shape index (κ1) is 29.0. The fourth-order valence-electron chi connectivity index (χ4n) is 3.23.